The molecule has 0 unspecified atom stereocenters. The van der Waals surface area contributed by atoms with Gasteiger partial charge in [-0.05, 0) is 43.7 Å². The quantitative estimate of drug-likeness (QED) is 0.915. The summed E-state index contributed by atoms with van der Waals surface area (Å²) in [6.45, 7) is 4.34. The number of hydrogen-bond donors (Lipinski definition) is 1. The van der Waals surface area contributed by atoms with Gasteiger partial charge in [-0.3, -0.25) is 4.79 Å². The second-order valence-corrected chi connectivity index (χ2v) is 4.82. The maximum atomic E-state index is 12.1. The SMILES string of the molecule is Cc1cccc(OCCn2c(C)ccc(C(=O)O)c2=O)c1. The van der Waals surface area contributed by atoms with Gasteiger partial charge >= 0.3 is 5.97 Å². The molecule has 5 heteroatoms. The Hall–Kier alpha value is -2.56. The first-order valence-electron chi connectivity index (χ1n) is 6.62. The zero-order valence-corrected chi connectivity index (χ0v) is 12.0. The van der Waals surface area contributed by atoms with Crippen LogP contribution in [0, 0.1) is 13.8 Å². The second-order valence-electron chi connectivity index (χ2n) is 4.82. The van der Waals surface area contributed by atoms with E-state index >= 15 is 0 Å². The number of carbonyl (C=O) groups is 1. The van der Waals surface area contributed by atoms with Gasteiger partial charge in [0.25, 0.3) is 5.56 Å². The van der Waals surface area contributed by atoms with Gasteiger partial charge in [-0.25, -0.2) is 4.79 Å². The van der Waals surface area contributed by atoms with Gasteiger partial charge in [0.05, 0.1) is 6.54 Å². The van der Waals surface area contributed by atoms with E-state index in [0.717, 1.165) is 11.3 Å². The van der Waals surface area contributed by atoms with E-state index in [0.29, 0.717) is 18.8 Å². The molecular formula is C16H17NO4. The van der Waals surface area contributed by atoms with E-state index in [1.165, 1.54) is 10.6 Å². The Labute approximate surface area is 122 Å². The number of benzene rings is 1. The summed E-state index contributed by atoms with van der Waals surface area (Å²) in [5, 5.41) is 8.97. The lowest BCUT2D eigenvalue weighted by Gasteiger charge is -2.12. The van der Waals surface area contributed by atoms with Crippen LogP contribution in [0.3, 0.4) is 0 Å². The van der Waals surface area contributed by atoms with Crippen molar-refractivity contribution in [3.63, 3.8) is 0 Å². The number of aryl methyl sites for hydroxylation is 2. The minimum atomic E-state index is -1.21. The van der Waals surface area contributed by atoms with Crippen molar-refractivity contribution in [3.8, 4) is 5.75 Å². The highest BCUT2D eigenvalue weighted by Gasteiger charge is 2.12. The average Bonchev–Trinajstić information content (AvgIpc) is 2.42. The molecule has 0 aliphatic rings. The fourth-order valence-electron chi connectivity index (χ4n) is 2.07. The number of rotatable bonds is 5. The van der Waals surface area contributed by atoms with E-state index in [1.54, 1.807) is 13.0 Å². The summed E-state index contributed by atoms with van der Waals surface area (Å²) >= 11 is 0. The molecular weight excluding hydrogens is 270 g/mol. The topological polar surface area (TPSA) is 68.5 Å². The Morgan fingerprint density at radius 1 is 1.24 bits per heavy atom. The summed E-state index contributed by atoms with van der Waals surface area (Å²) in [4.78, 5) is 23.0. The molecule has 110 valence electrons. The highest BCUT2D eigenvalue weighted by atomic mass is 16.5. The molecule has 0 saturated carbocycles. The van der Waals surface area contributed by atoms with Crippen LogP contribution < -0.4 is 10.3 Å². The van der Waals surface area contributed by atoms with E-state index in [9.17, 15) is 9.59 Å². The third-order valence-electron chi connectivity index (χ3n) is 3.20. The summed E-state index contributed by atoms with van der Waals surface area (Å²) in [6, 6.07) is 10.6. The largest absolute Gasteiger partial charge is 0.492 e. The Balaban J connectivity index is 2.12. The van der Waals surface area contributed by atoms with Crippen LogP contribution in [-0.2, 0) is 6.54 Å². The molecule has 1 aromatic heterocycles. The lowest BCUT2D eigenvalue weighted by molar-refractivity contribution is 0.0694. The first-order chi connectivity index (χ1) is 9.99. The minimum absolute atomic E-state index is 0.226. The highest BCUT2D eigenvalue weighted by molar-refractivity contribution is 5.87. The van der Waals surface area contributed by atoms with E-state index in [-0.39, 0.29) is 5.56 Å². The third-order valence-corrected chi connectivity index (χ3v) is 3.20. The van der Waals surface area contributed by atoms with Gasteiger partial charge in [0.1, 0.15) is 17.9 Å². The van der Waals surface area contributed by atoms with E-state index < -0.39 is 11.5 Å². The molecule has 0 amide bonds. The molecule has 0 saturated heterocycles. The van der Waals surface area contributed by atoms with Crippen molar-refractivity contribution in [1.29, 1.82) is 0 Å². The molecule has 21 heavy (non-hydrogen) atoms. The number of ether oxygens (including phenoxy) is 1. The molecule has 0 aliphatic heterocycles. The van der Waals surface area contributed by atoms with Crippen molar-refractivity contribution in [2.24, 2.45) is 0 Å². The maximum Gasteiger partial charge on any atom is 0.341 e. The van der Waals surface area contributed by atoms with Crippen LogP contribution in [-0.4, -0.2) is 22.2 Å². The molecule has 0 bridgehead atoms. The van der Waals surface area contributed by atoms with Gasteiger partial charge in [0.2, 0.25) is 0 Å². The highest BCUT2D eigenvalue weighted by Crippen LogP contribution is 2.12. The Bertz CT molecular complexity index is 718. The predicted molar refractivity (Wildman–Crippen MR) is 79.1 cm³/mol. The monoisotopic (exact) mass is 287 g/mol. The van der Waals surface area contributed by atoms with Crippen LogP contribution in [0.4, 0.5) is 0 Å². The van der Waals surface area contributed by atoms with Gasteiger partial charge in [-0.1, -0.05) is 12.1 Å². The van der Waals surface area contributed by atoms with Crippen molar-refractivity contribution in [3.05, 3.63) is 63.6 Å². The van der Waals surface area contributed by atoms with Gasteiger partial charge < -0.3 is 14.4 Å². The van der Waals surface area contributed by atoms with Gasteiger partial charge in [-0.15, -0.1) is 0 Å². The van der Waals surface area contributed by atoms with E-state index in [2.05, 4.69) is 0 Å². The molecule has 0 fully saturated rings. The summed E-state index contributed by atoms with van der Waals surface area (Å²) in [5.74, 6) is -0.483. The van der Waals surface area contributed by atoms with Gasteiger partial charge in [0.15, 0.2) is 0 Å². The number of hydrogen-bond acceptors (Lipinski definition) is 3. The summed E-state index contributed by atoms with van der Waals surface area (Å²) in [6.07, 6.45) is 0. The number of pyridine rings is 1. The molecule has 0 atom stereocenters. The molecule has 0 aliphatic carbocycles. The first kappa shape index (κ1) is 14.8. The van der Waals surface area contributed by atoms with Crippen molar-refractivity contribution in [2.75, 3.05) is 6.61 Å². The van der Waals surface area contributed by atoms with Crippen LogP contribution >= 0.6 is 0 Å². The second kappa shape index (κ2) is 6.26. The van der Waals surface area contributed by atoms with E-state index in [4.69, 9.17) is 9.84 Å². The molecule has 2 rings (SSSR count). The zero-order valence-electron chi connectivity index (χ0n) is 12.0. The van der Waals surface area contributed by atoms with Crippen LogP contribution in [0.5, 0.6) is 5.75 Å². The smallest absolute Gasteiger partial charge is 0.341 e. The molecule has 1 heterocycles. The fourth-order valence-corrected chi connectivity index (χ4v) is 2.07. The molecule has 2 aromatic rings. The summed E-state index contributed by atoms with van der Waals surface area (Å²) in [7, 11) is 0. The van der Waals surface area contributed by atoms with Gasteiger partial charge in [-0.2, -0.15) is 0 Å². The average molecular weight is 287 g/mol. The van der Waals surface area contributed by atoms with Crippen LogP contribution in [0.2, 0.25) is 0 Å². The van der Waals surface area contributed by atoms with Crippen LogP contribution in [0.1, 0.15) is 21.6 Å². The Kier molecular flexibility index (Phi) is 4.42. The standard InChI is InChI=1S/C16H17NO4/c1-11-4-3-5-13(10-11)21-9-8-17-12(2)6-7-14(15(17)18)16(19)20/h3-7,10H,8-9H2,1-2H3,(H,19,20). The number of carboxylic acids is 1. The van der Waals surface area contributed by atoms with Crippen molar-refractivity contribution >= 4 is 5.97 Å². The normalized spacial score (nSPS) is 10.4. The molecule has 1 aromatic carbocycles. The Morgan fingerprint density at radius 3 is 2.67 bits per heavy atom. The lowest BCUT2D eigenvalue weighted by Crippen LogP contribution is -2.29. The molecule has 5 nitrogen and oxygen atoms in total. The number of aromatic nitrogens is 1. The summed E-state index contributed by atoms with van der Waals surface area (Å²) < 4.78 is 7.01. The third kappa shape index (κ3) is 3.51. The maximum absolute atomic E-state index is 12.1. The molecule has 0 radical (unpaired) electrons. The van der Waals surface area contributed by atoms with Crippen molar-refractivity contribution < 1.29 is 14.6 Å². The summed E-state index contributed by atoms with van der Waals surface area (Å²) in [5.41, 5.74) is 1.07. The Morgan fingerprint density at radius 2 is 2.00 bits per heavy atom. The lowest BCUT2D eigenvalue weighted by atomic mass is 10.2. The fraction of sp³-hybridized carbons (Fsp3) is 0.250. The number of carboxylic acid groups (broad SMARTS) is 1. The minimum Gasteiger partial charge on any atom is -0.492 e. The van der Waals surface area contributed by atoms with Crippen molar-refractivity contribution in [1.82, 2.24) is 4.57 Å². The number of nitrogens with zero attached hydrogens (tertiary/aromatic N) is 1. The van der Waals surface area contributed by atoms with Gasteiger partial charge in [0, 0.05) is 5.69 Å². The van der Waals surface area contributed by atoms with Crippen LogP contribution in [0.25, 0.3) is 0 Å². The van der Waals surface area contributed by atoms with E-state index in [1.807, 2.05) is 31.2 Å². The predicted octanol–water partition coefficient (Wildman–Crippen LogP) is 2.24. The van der Waals surface area contributed by atoms with Crippen molar-refractivity contribution in [2.45, 2.75) is 20.4 Å². The number of aromatic carboxylic acids is 1. The molecule has 0 spiro atoms. The molecule has 1 N–H and O–H groups in total. The first-order valence-corrected chi connectivity index (χ1v) is 6.62. The van der Waals surface area contributed by atoms with Crippen LogP contribution in [0.15, 0.2) is 41.2 Å². The zero-order chi connectivity index (χ0) is 15.4.